The molecule has 0 aliphatic heterocycles. The molecule has 2 heteroatoms. The normalized spacial score (nSPS) is 12.2. The molecule has 0 heterocycles. The Bertz CT molecular complexity index is 563. The second-order valence-electron chi connectivity index (χ2n) is 5.52. The molecule has 0 amide bonds. The van der Waals surface area contributed by atoms with Crippen molar-refractivity contribution in [2.75, 3.05) is 5.32 Å². The molecule has 1 unspecified atom stereocenters. The Morgan fingerprint density at radius 2 is 1.75 bits per heavy atom. The van der Waals surface area contributed by atoms with Crippen molar-refractivity contribution in [1.29, 1.82) is 0 Å². The Kier molecular flexibility index (Phi) is 4.67. The Morgan fingerprint density at radius 3 is 2.45 bits per heavy atom. The maximum atomic E-state index is 9.68. The number of hydrogen-bond donors (Lipinski definition) is 2. The van der Waals surface area contributed by atoms with Gasteiger partial charge in [-0.1, -0.05) is 30.3 Å². The van der Waals surface area contributed by atoms with E-state index in [0.717, 1.165) is 29.7 Å². The van der Waals surface area contributed by atoms with Crippen molar-refractivity contribution < 1.29 is 5.11 Å². The Hall–Kier alpha value is -1.96. The first-order chi connectivity index (χ1) is 9.56. The summed E-state index contributed by atoms with van der Waals surface area (Å²) in [7, 11) is 0. The van der Waals surface area contributed by atoms with E-state index in [1.54, 1.807) is 0 Å². The van der Waals surface area contributed by atoms with Crippen LogP contribution in [0, 0.1) is 13.8 Å². The van der Waals surface area contributed by atoms with Gasteiger partial charge in [0.15, 0.2) is 0 Å². The zero-order chi connectivity index (χ0) is 14.5. The van der Waals surface area contributed by atoms with Crippen LogP contribution in [0.1, 0.15) is 30.0 Å². The predicted octanol–water partition coefficient (Wildman–Crippen LogP) is 4.44. The molecule has 0 saturated carbocycles. The number of phenolic OH excluding ortho intramolecular Hbond substituents is 1. The fraction of sp³-hybridized carbons (Fsp3) is 0.333. The van der Waals surface area contributed by atoms with Crippen LogP contribution in [-0.2, 0) is 6.42 Å². The number of benzene rings is 2. The molecular weight excluding hydrogens is 246 g/mol. The molecule has 2 rings (SSSR count). The van der Waals surface area contributed by atoms with Crippen molar-refractivity contribution in [3.05, 3.63) is 59.2 Å². The zero-order valence-electron chi connectivity index (χ0n) is 12.5. The summed E-state index contributed by atoms with van der Waals surface area (Å²) < 4.78 is 0. The van der Waals surface area contributed by atoms with Crippen molar-refractivity contribution in [2.24, 2.45) is 0 Å². The molecule has 2 N–H and O–H groups in total. The Labute approximate surface area is 121 Å². The van der Waals surface area contributed by atoms with Crippen LogP contribution in [0.2, 0.25) is 0 Å². The van der Waals surface area contributed by atoms with Gasteiger partial charge < -0.3 is 10.4 Å². The van der Waals surface area contributed by atoms with Gasteiger partial charge in [-0.15, -0.1) is 0 Å². The van der Waals surface area contributed by atoms with Crippen molar-refractivity contribution in [2.45, 2.75) is 39.7 Å². The Balaban J connectivity index is 1.95. The molecule has 0 aliphatic carbocycles. The topological polar surface area (TPSA) is 32.3 Å². The van der Waals surface area contributed by atoms with Crippen LogP contribution in [0.4, 0.5) is 5.69 Å². The third kappa shape index (κ3) is 3.77. The van der Waals surface area contributed by atoms with Crippen molar-refractivity contribution in [3.8, 4) is 5.75 Å². The number of aryl methyl sites for hydroxylation is 3. The lowest BCUT2D eigenvalue weighted by atomic mass is 10.0. The molecule has 106 valence electrons. The summed E-state index contributed by atoms with van der Waals surface area (Å²) in [6, 6.07) is 14.8. The molecule has 0 aromatic heterocycles. The number of anilines is 1. The number of nitrogens with one attached hydrogen (secondary N) is 1. The third-order valence-electron chi connectivity index (χ3n) is 3.65. The van der Waals surface area contributed by atoms with E-state index in [-0.39, 0.29) is 0 Å². The smallest absolute Gasteiger partial charge is 0.118 e. The number of hydrogen-bond acceptors (Lipinski definition) is 2. The van der Waals surface area contributed by atoms with Gasteiger partial charge >= 0.3 is 0 Å². The molecule has 20 heavy (non-hydrogen) atoms. The monoisotopic (exact) mass is 269 g/mol. The van der Waals surface area contributed by atoms with Crippen LogP contribution in [0.15, 0.2) is 42.5 Å². The van der Waals surface area contributed by atoms with E-state index >= 15 is 0 Å². The highest BCUT2D eigenvalue weighted by atomic mass is 16.3. The molecule has 1 atom stereocenters. The van der Waals surface area contributed by atoms with Gasteiger partial charge in [0.25, 0.3) is 0 Å². The largest absolute Gasteiger partial charge is 0.508 e. The summed E-state index contributed by atoms with van der Waals surface area (Å²) >= 11 is 0. The summed E-state index contributed by atoms with van der Waals surface area (Å²) in [5, 5.41) is 13.2. The van der Waals surface area contributed by atoms with Crippen LogP contribution < -0.4 is 5.32 Å². The first-order valence-electron chi connectivity index (χ1n) is 7.17. The average molecular weight is 269 g/mol. The zero-order valence-corrected chi connectivity index (χ0v) is 12.5. The molecule has 2 nitrogen and oxygen atoms in total. The van der Waals surface area contributed by atoms with Crippen LogP contribution in [0.5, 0.6) is 5.75 Å². The van der Waals surface area contributed by atoms with Crippen LogP contribution in [0.3, 0.4) is 0 Å². The quantitative estimate of drug-likeness (QED) is 0.786. The lowest BCUT2D eigenvalue weighted by molar-refractivity contribution is 0.470. The third-order valence-corrected chi connectivity index (χ3v) is 3.65. The summed E-state index contributed by atoms with van der Waals surface area (Å²) in [6.07, 6.45) is 2.16. The van der Waals surface area contributed by atoms with Crippen molar-refractivity contribution in [3.63, 3.8) is 0 Å². The first kappa shape index (κ1) is 14.4. The van der Waals surface area contributed by atoms with Crippen molar-refractivity contribution in [1.82, 2.24) is 0 Å². The minimum absolute atomic E-state index is 0.366. The highest BCUT2D eigenvalue weighted by Gasteiger charge is 2.07. The number of phenols is 1. The van der Waals surface area contributed by atoms with Gasteiger partial charge in [-0.05, 0) is 62.4 Å². The van der Waals surface area contributed by atoms with Gasteiger partial charge in [-0.3, -0.25) is 0 Å². The van der Waals surface area contributed by atoms with Gasteiger partial charge in [0, 0.05) is 11.7 Å². The predicted molar refractivity (Wildman–Crippen MR) is 85.4 cm³/mol. The maximum absolute atomic E-state index is 9.68. The van der Waals surface area contributed by atoms with E-state index in [9.17, 15) is 5.11 Å². The van der Waals surface area contributed by atoms with Gasteiger partial charge in [-0.25, -0.2) is 0 Å². The summed E-state index contributed by atoms with van der Waals surface area (Å²) in [4.78, 5) is 0. The highest BCUT2D eigenvalue weighted by molar-refractivity contribution is 5.57. The fourth-order valence-electron chi connectivity index (χ4n) is 2.32. The summed E-state index contributed by atoms with van der Waals surface area (Å²) in [5.41, 5.74) is 4.48. The molecule has 0 bridgehead atoms. The van der Waals surface area contributed by atoms with E-state index < -0.39 is 0 Å². The maximum Gasteiger partial charge on any atom is 0.118 e. The molecule has 0 radical (unpaired) electrons. The lowest BCUT2D eigenvalue weighted by Gasteiger charge is -2.18. The highest BCUT2D eigenvalue weighted by Crippen LogP contribution is 2.25. The van der Waals surface area contributed by atoms with E-state index in [1.807, 2.05) is 32.0 Å². The van der Waals surface area contributed by atoms with Crippen LogP contribution in [0.25, 0.3) is 0 Å². The van der Waals surface area contributed by atoms with Gasteiger partial charge in [0.05, 0.1) is 0 Å². The average Bonchev–Trinajstić information content (AvgIpc) is 2.44. The molecule has 2 aromatic rings. The minimum atomic E-state index is 0.366. The number of rotatable bonds is 5. The lowest BCUT2D eigenvalue weighted by Crippen LogP contribution is -2.16. The van der Waals surface area contributed by atoms with E-state index in [1.165, 1.54) is 5.56 Å². The van der Waals surface area contributed by atoms with Gasteiger partial charge in [0.1, 0.15) is 5.75 Å². The van der Waals surface area contributed by atoms with E-state index in [2.05, 4.69) is 36.5 Å². The summed E-state index contributed by atoms with van der Waals surface area (Å²) in [5.74, 6) is 0.366. The molecule has 0 aliphatic rings. The number of aromatic hydroxyl groups is 1. The molecule has 0 fully saturated rings. The van der Waals surface area contributed by atoms with E-state index in [4.69, 9.17) is 0 Å². The van der Waals surface area contributed by atoms with E-state index in [0.29, 0.717) is 11.8 Å². The minimum Gasteiger partial charge on any atom is -0.508 e. The van der Waals surface area contributed by atoms with Crippen molar-refractivity contribution >= 4 is 5.69 Å². The Morgan fingerprint density at radius 1 is 1.05 bits per heavy atom. The molecule has 0 saturated heterocycles. The standard InChI is InChI=1S/C18H23NO/c1-13-12-18(20)14(2)11-17(13)19-15(3)9-10-16-7-5-4-6-8-16/h4-8,11-12,15,19-20H,9-10H2,1-3H3. The van der Waals surface area contributed by atoms with Crippen LogP contribution in [-0.4, -0.2) is 11.1 Å². The van der Waals surface area contributed by atoms with Gasteiger partial charge in [0.2, 0.25) is 0 Å². The first-order valence-corrected chi connectivity index (χ1v) is 7.17. The molecule has 2 aromatic carbocycles. The second kappa shape index (κ2) is 6.47. The van der Waals surface area contributed by atoms with Crippen LogP contribution >= 0.6 is 0 Å². The second-order valence-corrected chi connectivity index (χ2v) is 5.52. The fourth-order valence-corrected chi connectivity index (χ4v) is 2.32. The molecular formula is C18H23NO. The summed E-state index contributed by atoms with van der Waals surface area (Å²) in [6.45, 7) is 6.14. The van der Waals surface area contributed by atoms with Gasteiger partial charge in [-0.2, -0.15) is 0 Å². The SMILES string of the molecule is Cc1cc(NC(C)CCc2ccccc2)c(C)cc1O. The molecule has 0 spiro atoms.